The fourth-order valence-corrected chi connectivity index (χ4v) is 2.09. The summed E-state index contributed by atoms with van der Waals surface area (Å²) < 4.78 is 5.32. The average Bonchev–Trinajstić information content (AvgIpc) is 3.12. The number of rotatable bonds is 2. The fourth-order valence-electron chi connectivity index (χ4n) is 2.09. The van der Waals surface area contributed by atoms with E-state index < -0.39 is 0 Å². The zero-order valence-electron chi connectivity index (χ0n) is 9.69. The van der Waals surface area contributed by atoms with Crippen LogP contribution in [0.4, 0.5) is 17.1 Å². The summed E-state index contributed by atoms with van der Waals surface area (Å²) in [7, 11) is 2.03. The number of hydrogen-bond donors (Lipinski definition) is 2. The second-order valence-corrected chi connectivity index (χ2v) is 4.59. The van der Waals surface area contributed by atoms with Gasteiger partial charge in [0.1, 0.15) is 5.75 Å². The molecule has 17 heavy (non-hydrogen) atoms. The van der Waals surface area contributed by atoms with Crippen LogP contribution in [0, 0.1) is 0 Å². The minimum absolute atomic E-state index is 0.0598. The molecule has 0 saturated heterocycles. The smallest absolute Gasteiger partial charge is 0.262 e. The number of amides is 1. The number of nitrogen functional groups attached to an aromatic ring is 1. The quantitative estimate of drug-likeness (QED) is 0.753. The topological polar surface area (TPSA) is 67.6 Å². The molecule has 3 rings (SSSR count). The van der Waals surface area contributed by atoms with Crippen LogP contribution >= 0.6 is 0 Å². The lowest BCUT2D eigenvalue weighted by Crippen LogP contribution is -2.26. The number of benzene rings is 1. The van der Waals surface area contributed by atoms with Crippen LogP contribution in [0.1, 0.15) is 12.8 Å². The number of carbonyl (C=O) groups is 1. The molecule has 0 bridgehead atoms. The zero-order chi connectivity index (χ0) is 12.0. The highest BCUT2D eigenvalue weighted by Gasteiger charge is 2.28. The molecule has 1 aliphatic heterocycles. The monoisotopic (exact) mass is 233 g/mol. The van der Waals surface area contributed by atoms with Gasteiger partial charge in [-0.1, -0.05) is 0 Å². The Bertz CT molecular complexity index is 483. The molecule has 0 atom stereocenters. The largest absolute Gasteiger partial charge is 0.482 e. The molecule has 1 amide bonds. The first-order chi connectivity index (χ1) is 8.15. The Labute approximate surface area is 99.5 Å². The molecule has 1 heterocycles. The van der Waals surface area contributed by atoms with Gasteiger partial charge in [0, 0.05) is 19.2 Å². The van der Waals surface area contributed by atoms with Gasteiger partial charge in [-0.05, 0) is 18.9 Å². The summed E-state index contributed by atoms with van der Waals surface area (Å²) >= 11 is 0. The molecule has 5 nitrogen and oxygen atoms in total. The molecular formula is C12H15N3O2. The zero-order valence-corrected chi connectivity index (χ0v) is 9.69. The van der Waals surface area contributed by atoms with Crippen molar-refractivity contribution in [3.63, 3.8) is 0 Å². The summed E-state index contributed by atoms with van der Waals surface area (Å²) in [5.74, 6) is 0.525. The molecule has 0 aromatic heterocycles. The van der Waals surface area contributed by atoms with E-state index in [4.69, 9.17) is 10.5 Å². The van der Waals surface area contributed by atoms with E-state index in [2.05, 4.69) is 10.2 Å². The van der Waals surface area contributed by atoms with E-state index in [1.165, 1.54) is 12.8 Å². The van der Waals surface area contributed by atoms with Crippen molar-refractivity contribution >= 4 is 23.0 Å². The van der Waals surface area contributed by atoms with Crippen molar-refractivity contribution in [2.45, 2.75) is 18.9 Å². The molecule has 1 aliphatic carbocycles. The van der Waals surface area contributed by atoms with Crippen molar-refractivity contribution in [2.24, 2.45) is 0 Å². The third-order valence-corrected chi connectivity index (χ3v) is 3.24. The molecule has 0 radical (unpaired) electrons. The van der Waals surface area contributed by atoms with Crippen LogP contribution < -0.4 is 20.7 Å². The van der Waals surface area contributed by atoms with Gasteiger partial charge >= 0.3 is 0 Å². The first kappa shape index (κ1) is 10.3. The van der Waals surface area contributed by atoms with Crippen LogP contribution in [0.3, 0.4) is 0 Å². The van der Waals surface area contributed by atoms with E-state index in [1.807, 2.05) is 13.1 Å². The Morgan fingerprint density at radius 1 is 1.47 bits per heavy atom. The summed E-state index contributed by atoms with van der Waals surface area (Å²) in [5, 5.41) is 2.80. The maximum atomic E-state index is 11.3. The predicted octanol–water partition coefficient (Wildman–Crippen LogP) is 1.20. The summed E-state index contributed by atoms with van der Waals surface area (Å²) in [6, 6.07) is 4.25. The number of nitrogens with one attached hydrogen (secondary N) is 1. The number of nitrogens with zero attached hydrogens (tertiary/aromatic N) is 1. The normalized spacial score (nSPS) is 18.1. The van der Waals surface area contributed by atoms with Crippen LogP contribution in [-0.2, 0) is 4.79 Å². The van der Waals surface area contributed by atoms with Crippen molar-refractivity contribution < 1.29 is 9.53 Å². The molecule has 90 valence electrons. The van der Waals surface area contributed by atoms with Crippen LogP contribution in [0.15, 0.2) is 12.1 Å². The number of hydrogen-bond acceptors (Lipinski definition) is 4. The molecule has 3 N–H and O–H groups in total. The molecular weight excluding hydrogens is 218 g/mol. The van der Waals surface area contributed by atoms with Gasteiger partial charge in [-0.3, -0.25) is 4.79 Å². The van der Waals surface area contributed by atoms with E-state index >= 15 is 0 Å². The van der Waals surface area contributed by atoms with Gasteiger partial charge in [0.05, 0.1) is 17.1 Å². The van der Waals surface area contributed by atoms with Gasteiger partial charge in [0.25, 0.3) is 5.91 Å². The van der Waals surface area contributed by atoms with Gasteiger partial charge < -0.3 is 20.7 Å². The molecule has 5 heteroatoms. The molecule has 0 unspecified atom stereocenters. The standard InChI is InChI=1S/C12H15N3O2/c1-15(7-2-3-7)10-5-9-11(4-8(10)13)17-6-12(16)14-9/h4-5,7H,2-3,6,13H2,1H3,(H,14,16). The second kappa shape index (κ2) is 3.55. The van der Waals surface area contributed by atoms with Crippen molar-refractivity contribution in [3.8, 4) is 5.75 Å². The number of fused-ring (bicyclic) bond motifs is 1. The average molecular weight is 233 g/mol. The summed E-state index contributed by atoms with van der Waals surface area (Å²) in [6.07, 6.45) is 2.41. The maximum absolute atomic E-state index is 11.3. The van der Waals surface area contributed by atoms with E-state index in [9.17, 15) is 4.79 Å². The Kier molecular flexibility index (Phi) is 2.14. The van der Waals surface area contributed by atoms with Gasteiger partial charge in [-0.25, -0.2) is 0 Å². The van der Waals surface area contributed by atoms with Crippen molar-refractivity contribution in [3.05, 3.63) is 12.1 Å². The van der Waals surface area contributed by atoms with Crippen molar-refractivity contribution in [2.75, 3.05) is 29.6 Å². The Hall–Kier alpha value is -1.91. The first-order valence-corrected chi connectivity index (χ1v) is 5.74. The third kappa shape index (κ3) is 1.77. The number of carbonyl (C=O) groups excluding carboxylic acids is 1. The number of anilines is 3. The highest BCUT2D eigenvalue weighted by molar-refractivity contribution is 5.97. The van der Waals surface area contributed by atoms with Crippen LogP contribution in [0.25, 0.3) is 0 Å². The predicted molar refractivity (Wildman–Crippen MR) is 66.4 cm³/mol. The van der Waals surface area contributed by atoms with Crippen LogP contribution in [-0.4, -0.2) is 25.6 Å². The minimum atomic E-state index is -0.123. The minimum Gasteiger partial charge on any atom is -0.482 e. The third-order valence-electron chi connectivity index (χ3n) is 3.24. The highest BCUT2D eigenvalue weighted by Crippen LogP contribution is 2.40. The molecule has 0 spiro atoms. The van der Waals surface area contributed by atoms with Crippen molar-refractivity contribution in [1.82, 2.24) is 0 Å². The Balaban J connectivity index is 1.99. The van der Waals surface area contributed by atoms with Gasteiger partial charge in [-0.15, -0.1) is 0 Å². The first-order valence-electron chi connectivity index (χ1n) is 5.74. The summed E-state index contributed by atoms with van der Waals surface area (Å²) in [4.78, 5) is 13.4. The molecule has 1 aromatic rings. The SMILES string of the molecule is CN(c1cc2c(cc1N)OCC(=O)N2)C1CC1. The van der Waals surface area contributed by atoms with E-state index in [0.717, 1.165) is 5.69 Å². The Morgan fingerprint density at radius 2 is 2.24 bits per heavy atom. The van der Waals surface area contributed by atoms with Gasteiger partial charge in [0.2, 0.25) is 0 Å². The van der Waals surface area contributed by atoms with Gasteiger partial charge in [-0.2, -0.15) is 0 Å². The number of nitrogens with two attached hydrogens (primary N) is 1. The highest BCUT2D eigenvalue weighted by atomic mass is 16.5. The van der Waals surface area contributed by atoms with E-state index in [-0.39, 0.29) is 12.5 Å². The summed E-state index contributed by atoms with van der Waals surface area (Å²) in [6.45, 7) is 0.0598. The van der Waals surface area contributed by atoms with Crippen molar-refractivity contribution in [1.29, 1.82) is 0 Å². The van der Waals surface area contributed by atoms with Crippen LogP contribution in [0.5, 0.6) is 5.75 Å². The second-order valence-electron chi connectivity index (χ2n) is 4.59. The lowest BCUT2D eigenvalue weighted by molar-refractivity contribution is -0.118. The Morgan fingerprint density at radius 3 is 2.94 bits per heavy atom. The van der Waals surface area contributed by atoms with Crippen LogP contribution in [0.2, 0.25) is 0 Å². The molecule has 2 aliphatic rings. The molecule has 1 saturated carbocycles. The number of ether oxygens (including phenoxy) is 1. The summed E-state index contributed by atoms with van der Waals surface area (Å²) in [5.41, 5.74) is 8.36. The maximum Gasteiger partial charge on any atom is 0.262 e. The van der Waals surface area contributed by atoms with E-state index in [1.54, 1.807) is 6.07 Å². The van der Waals surface area contributed by atoms with E-state index in [0.29, 0.717) is 23.2 Å². The van der Waals surface area contributed by atoms with Gasteiger partial charge in [0.15, 0.2) is 6.61 Å². The lowest BCUT2D eigenvalue weighted by atomic mass is 10.2. The molecule has 1 aromatic carbocycles. The molecule has 1 fully saturated rings. The lowest BCUT2D eigenvalue weighted by Gasteiger charge is -2.25. The fraction of sp³-hybridized carbons (Fsp3) is 0.417.